The van der Waals surface area contributed by atoms with E-state index in [2.05, 4.69) is 16.4 Å². The van der Waals surface area contributed by atoms with Gasteiger partial charge in [-0.1, -0.05) is 77.7 Å². The summed E-state index contributed by atoms with van der Waals surface area (Å²) < 4.78 is 11.5. The molecule has 7 heteroatoms. The Morgan fingerprint density at radius 2 is 1.77 bits per heavy atom. The molecule has 5 nitrogen and oxygen atoms in total. The number of fused-ring (bicyclic) bond motifs is 1. The Bertz CT molecular complexity index is 1440. The average Bonchev–Trinajstić information content (AvgIpc) is 2.87. The van der Waals surface area contributed by atoms with Crippen molar-refractivity contribution in [1.82, 2.24) is 5.43 Å². The van der Waals surface area contributed by atoms with Crippen LogP contribution in [0.2, 0.25) is 10.0 Å². The first-order valence-corrected chi connectivity index (χ1v) is 11.4. The normalized spacial score (nSPS) is 10.8. The molecule has 1 amide bonds. The molecule has 0 aliphatic rings. The molecule has 0 aromatic heterocycles. The van der Waals surface area contributed by atoms with E-state index in [1.165, 1.54) is 0 Å². The van der Waals surface area contributed by atoms with Crippen molar-refractivity contribution in [3.63, 3.8) is 0 Å². The summed E-state index contributed by atoms with van der Waals surface area (Å²) in [6, 6.07) is 23.6. The monoisotopic (exact) mass is 502 g/mol. The predicted octanol–water partition coefficient (Wildman–Crippen LogP) is 6.50. The van der Waals surface area contributed by atoms with Gasteiger partial charge in [0.05, 0.1) is 11.8 Å². The molecule has 1 N–H and O–H groups in total. The fourth-order valence-electron chi connectivity index (χ4n) is 3.44. The molecular weight excluding hydrogens is 483 g/mol. The number of hydrogen-bond donors (Lipinski definition) is 1. The van der Waals surface area contributed by atoms with Gasteiger partial charge < -0.3 is 9.47 Å². The third-order valence-electron chi connectivity index (χ3n) is 5.13. The number of ether oxygens (including phenoxy) is 2. The van der Waals surface area contributed by atoms with Gasteiger partial charge >= 0.3 is 0 Å². The fraction of sp³-hybridized carbons (Fsp3) is 0.0714. The van der Waals surface area contributed by atoms with E-state index in [9.17, 15) is 4.79 Å². The van der Waals surface area contributed by atoms with Gasteiger partial charge in [0.25, 0.3) is 5.91 Å². The minimum Gasteiger partial charge on any atom is -0.488 e. The van der Waals surface area contributed by atoms with Crippen LogP contribution in [-0.2, 0) is 6.61 Å². The van der Waals surface area contributed by atoms with E-state index in [-0.39, 0.29) is 13.2 Å². The van der Waals surface area contributed by atoms with Crippen molar-refractivity contribution >= 4 is 46.1 Å². The number of hydrogen-bond acceptors (Lipinski definition) is 4. The molecule has 4 aromatic rings. The van der Waals surface area contributed by atoms with Crippen LogP contribution in [0, 0.1) is 12.3 Å². The fourth-order valence-corrected chi connectivity index (χ4v) is 3.91. The molecule has 0 spiro atoms. The molecule has 174 valence electrons. The maximum atomic E-state index is 12.9. The van der Waals surface area contributed by atoms with E-state index >= 15 is 0 Å². The minimum absolute atomic E-state index is 0.119. The Hall–Kier alpha value is -3.98. The zero-order chi connectivity index (χ0) is 24.6. The average molecular weight is 503 g/mol. The van der Waals surface area contributed by atoms with Crippen LogP contribution in [0.25, 0.3) is 10.8 Å². The van der Waals surface area contributed by atoms with Gasteiger partial charge in [0.15, 0.2) is 0 Å². The van der Waals surface area contributed by atoms with Gasteiger partial charge in [-0.3, -0.25) is 4.79 Å². The molecule has 0 unspecified atom stereocenters. The number of nitrogens with one attached hydrogen (secondary N) is 1. The highest BCUT2D eigenvalue weighted by Crippen LogP contribution is 2.27. The number of halogens is 2. The number of benzene rings is 4. The highest BCUT2D eigenvalue weighted by atomic mass is 35.5. The molecule has 0 heterocycles. The Balaban J connectivity index is 1.52. The second-order valence-electron chi connectivity index (χ2n) is 7.41. The highest BCUT2D eigenvalue weighted by Gasteiger charge is 2.13. The number of nitrogens with zero attached hydrogens (tertiary/aromatic N) is 1. The second kappa shape index (κ2) is 11.4. The Morgan fingerprint density at radius 3 is 2.60 bits per heavy atom. The standard InChI is InChI=1S/C28H20Cl2N2O3/c1-2-15-34-27-14-12-19-7-3-4-8-22(19)24(27)17-31-32-28(33)23-9-5-6-10-26(23)35-18-20-11-13-21(29)16-25(20)30/h1,3-14,16-17H,15,18H2,(H,32,33)/b31-17-. The lowest BCUT2D eigenvalue weighted by Crippen LogP contribution is -2.19. The molecule has 0 atom stereocenters. The van der Waals surface area contributed by atoms with Crippen LogP contribution >= 0.6 is 23.2 Å². The smallest absolute Gasteiger partial charge is 0.275 e. The summed E-state index contributed by atoms with van der Waals surface area (Å²) in [5.41, 5.74) is 4.35. The summed E-state index contributed by atoms with van der Waals surface area (Å²) in [6.07, 6.45) is 6.89. The quantitative estimate of drug-likeness (QED) is 0.170. The van der Waals surface area contributed by atoms with Crippen molar-refractivity contribution in [2.75, 3.05) is 6.61 Å². The van der Waals surface area contributed by atoms with Gasteiger partial charge in [-0.2, -0.15) is 5.10 Å². The molecule has 4 rings (SSSR count). The molecule has 0 fully saturated rings. The maximum absolute atomic E-state index is 12.9. The van der Waals surface area contributed by atoms with Gasteiger partial charge in [0.2, 0.25) is 0 Å². The Morgan fingerprint density at radius 1 is 0.971 bits per heavy atom. The van der Waals surface area contributed by atoms with E-state index < -0.39 is 5.91 Å². The van der Waals surface area contributed by atoms with E-state index in [1.54, 1.807) is 48.7 Å². The Kier molecular flexibility index (Phi) is 7.89. The lowest BCUT2D eigenvalue weighted by molar-refractivity contribution is 0.0950. The molecule has 0 aliphatic heterocycles. The number of hydrazone groups is 1. The summed E-state index contributed by atoms with van der Waals surface area (Å²) >= 11 is 12.2. The van der Waals surface area contributed by atoms with Crippen LogP contribution in [0.5, 0.6) is 11.5 Å². The molecule has 35 heavy (non-hydrogen) atoms. The number of para-hydroxylation sites is 1. The van der Waals surface area contributed by atoms with Crippen molar-refractivity contribution in [2.24, 2.45) is 5.10 Å². The zero-order valence-corrected chi connectivity index (χ0v) is 20.0. The predicted molar refractivity (Wildman–Crippen MR) is 141 cm³/mol. The van der Waals surface area contributed by atoms with Crippen LogP contribution in [0.15, 0.2) is 84.0 Å². The zero-order valence-electron chi connectivity index (χ0n) is 18.5. The Labute approximate surface area is 213 Å². The van der Waals surface area contributed by atoms with Gasteiger partial charge in [-0.15, -0.1) is 6.42 Å². The van der Waals surface area contributed by atoms with Gasteiger partial charge in [-0.05, 0) is 41.1 Å². The number of rotatable bonds is 8. The van der Waals surface area contributed by atoms with E-state index in [0.717, 1.165) is 16.3 Å². The summed E-state index contributed by atoms with van der Waals surface area (Å²) in [6.45, 7) is 0.295. The van der Waals surface area contributed by atoms with Gasteiger partial charge in [0, 0.05) is 21.2 Å². The number of terminal acetylenes is 1. The largest absolute Gasteiger partial charge is 0.488 e. The van der Waals surface area contributed by atoms with Crippen molar-refractivity contribution in [2.45, 2.75) is 6.61 Å². The first-order valence-electron chi connectivity index (χ1n) is 10.6. The topological polar surface area (TPSA) is 59.9 Å². The summed E-state index contributed by atoms with van der Waals surface area (Å²) in [7, 11) is 0. The third kappa shape index (κ3) is 5.93. The lowest BCUT2D eigenvalue weighted by atomic mass is 10.0. The first kappa shape index (κ1) is 24.2. The number of carbonyl (C=O) groups excluding carboxylic acids is 1. The molecular formula is C28H20Cl2N2O3. The van der Waals surface area contributed by atoms with Crippen LogP contribution in [-0.4, -0.2) is 18.7 Å². The van der Waals surface area contributed by atoms with Crippen molar-refractivity contribution < 1.29 is 14.3 Å². The molecule has 0 saturated heterocycles. The molecule has 4 aromatic carbocycles. The first-order chi connectivity index (χ1) is 17.1. The van der Waals surface area contributed by atoms with Gasteiger partial charge in [-0.25, -0.2) is 5.43 Å². The van der Waals surface area contributed by atoms with Crippen LogP contribution in [0.1, 0.15) is 21.5 Å². The van der Waals surface area contributed by atoms with Crippen LogP contribution in [0.3, 0.4) is 0 Å². The van der Waals surface area contributed by atoms with Gasteiger partial charge in [0.1, 0.15) is 24.7 Å². The molecule has 0 bridgehead atoms. The maximum Gasteiger partial charge on any atom is 0.275 e. The highest BCUT2D eigenvalue weighted by molar-refractivity contribution is 6.35. The van der Waals surface area contributed by atoms with Crippen molar-refractivity contribution in [1.29, 1.82) is 0 Å². The summed E-state index contributed by atoms with van der Waals surface area (Å²) in [5.74, 6) is 3.00. The minimum atomic E-state index is -0.426. The molecule has 0 saturated carbocycles. The second-order valence-corrected chi connectivity index (χ2v) is 8.25. The van der Waals surface area contributed by atoms with Crippen molar-refractivity contribution in [3.05, 3.63) is 106 Å². The third-order valence-corrected chi connectivity index (χ3v) is 5.72. The van der Waals surface area contributed by atoms with Crippen molar-refractivity contribution in [3.8, 4) is 23.8 Å². The summed E-state index contributed by atoms with van der Waals surface area (Å²) in [5, 5.41) is 7.13. The van der Waals surface area contributed by atoms with Crippen LogP contribution in [0.4, 0.5) is 0 Å². The van der Waals surface area contributed by atoms with E-state index in [4.69, 9.17) is 39.1 Å². The molecule has 0 aliphatic carbocycles. The van der Waals surface area contributed by atoms with E-state index in [1.807, 2.05) is 36.4 Å². The number of amides is 1. The number of carbonyl (C=O) groups is 1. The summed E-state index contributed by atoms with van der Waals surface area (Å²) in [4.78, 5) is 12.9. The van der Waals surface area contributed by atoms with E-state index in [0.29, 0.717) is 32.7 Å². The lowest BCUT2D eigenvalue weighted by Gasteiger charge is -2.12. The SMILES string of the molecule is C#CCOc1ccc2ccccc2c1/C=N\NC(=O)c1ccccc1OCc1ccc(Cl)cc1Cl. The molecule has 0 radical (unpaired) electrons. The van der Waals surface area contributed by atoms with Crippen LogP contribution < -0.4 is 14.9 Å².